The lowest BCUT2D eigenvalue weighted by Crippen LogP contribution is -2.19. The fraction of sp³-hybridized carbons (Fsp3) is 0.538. The van der Waals surface area contributed by atoms with Crippen LogP contribution in [0.15, 0.2) is 18.2 Å². The van der Waals surface area contributed by atoms with Crippen LogP contribution < -0.4 is 10.1 Å². The highest BCUT2D eigenvalue weighted by Crippen LogP contribution is 2.26. The van der Waals surface area contributed by atoms with Gasteiger partial charge in [0.05, 0.1) is 23.7 Å². The third-order valence-electron chi connectivity index (χ3n) is 2.58. The van der Waals surface area contributed by atoms with Gasteiger partial charge in [-0.05, 0) is 13.3 Å². The second-order valence-corrected chi connectivity index (χ2v) is 4.23. The smallest absolute Gasteiger partial charge is 0.275 e. The molecule has 0 radical (unpaired) electrons. The van der Waals surface area contributed by atoms with Gasteiger partial charge < -0.3 is 15.2 Å². The number of ether oxygens (including phenoxy) is 1. The molecule has 1 aromatic rings. The van der Waals surface area contributed by atoms with Crippen LogP contribution in [-0.4, -0.2) is 29.3 Å². The van der Waals surface area contributed by atoms with E-state index in [0.29, 0.717) is 31.0 Å². The largest absolute Gasteiger partial charge is 0.494 e. The van der Waals surface area contributed by atoms with Gasteiger partial charge in [0.2, 0.25) is 0 Å². The van der Waals surface area contributed by atoms with Crippen molar-refractivity contribution in [2.45, 2.75) is 32.8 Å². The average molecular weight is 268 g/mol. The second-order valence-electron chi connectivity index (χ2n) is 4.23. The summed E-state index contributed by atoms with van der Waals surface area (Å²) in [6, 6.07) is 4.51. The van der Waals surface area contributed by atoms with Crippen molar-refractivity contribution in [3.8, 4) is 5.75 Å². The van der Waals surface area contributed by atoms with Gasteiger partial charge in [0.15, 0.2) is 0 Å². The molecule has 0 saturated heterocycles. The van der Waals surface area contributed by atoms with Crippen LogP contribution >= 0.6 is 0 Å². The van der Waals surface area contributed by atoms with Crippen LogP contribution in [0.1, 0.15) is 26.7 Å². The summed E-state index contributed by atoms with van der Waals surface area (Å²) in [4.78, 5) is 10.4. The molecule has 6 nitrogen and oxygen atoms in total. The van der Waals surface area contributed by atoms with E-state index in [4.69, 9.17) is 4.74 Å². The molecule has 1 atom stereocenters. The minimum absolute atomic E-state index is 0.0292. The SMILES string of the molecule is CCCC(O)CNc1cc(OCC)cc([N+](=O)[O-])c1. The zero-order chi connectivity index (χ0) is 14.3. The van der Waals surface area contributed by atoms with E-state index < -0.39 is 11.0 Å². The summed E-state index contributed by atoms with van der Waals surface area (Å²) >= 11 is 0. The normalized spacial score (nSPS) is 11.9. The summed E-state index contributed by atoms with van der Waals surface area (Å²) in [5.74, 6) is 0.448. The van der Waals surface area contributed by atoms with Gasteiger partial charge in [0.25, 0.3) is 5.69 Å². The van der Waals surface area contributed by atoms with E-state index in [1.54, 1.807) is 6.07 Å². The number of nitro groups is 1. The van der Waals surface area contributed by atoms with Crippen molar-refractivity contribution in [2.75, 3.05) is 18.5 Å². The molecule has 0 spiro atoms. The molecular formula is C13H20N2O4. The van der Waals surface area contributed by atoms with Gasteiger partial charge in [-0.3, -0.25) is 10.1 Å². The van der Waals surface area contributed by atoms with Crippen LogP contribution in [-0.2, 0) is 0 Å². The minimum atomic E-state index is -0.462. The van der Waals surface area contributed by atoms with Crippen molar-refractivity contribution in [1.82, 2.24) is 0 Å². The number of aliphatic hydroxyl groups is 1. The number of benzene rings is 1. The fourth-order valence-electron chi connectivity index (χ4n) is 1.71. The molecule has 1 unspecified atom stereocenters. The third kappa shape index (κ3) is 5.13. The van der Waals surface area contributed by atoms with E-state index in [9.17, 15) is 15.2 Å². The first-order valence-corrected chi connectivity index (χ1v) is 6.41. The lowest BCUT2D eigenvalue weighted by atomic mass is 10.2. The van der Waals surface area contributed by atoms with E-state index in [2.05, 4.69) is 5.32 Å². The Hall–Kier alpha value is -1.82. The molecule has 0 aromatic heterocycles. The van der Waals surface area contributed by atoms with E-state index in [1.165, 1.54) is 12.1 Å². The second kappa shape index (κ2) is 7.58. The number of hydrogen-bond donors (Lipinski definition) is 2. The van der Waals surface area contributed by atoms with Crippen molar-refractivity contribution >= 4 is 11.4 Å². The maximum atomic E-state index is 10.8. The third-order valence-corrected chi connectivity index (χ3v) is 2.58. The highest BCUT2D eigenvalue weighted by Gasteiger charge is 2.11. The lowest BCUT2D eigenvalue weighted by molar-refractivity contribution is -0.384. The lowest BCUT2D eigenvalue weighted by Gasteiger charge is -2.12. The topological polar surface area (TPSA) is 84.6 Å². The maximum absolute atomic E-state index is 10.8. The summed E-state index contributed by atoms with van der Waals surface area (Å²) in [5.41, 5.74) is 0.547. The predicted octanol–water partition coefficient (Wildman–Crippen LogP) is 2.57. The van der Waals surface area contributed by atoms with E-state index in [-0.39, 0.29) is 5.69 Å². The van der Waals surface area contributed by atoms with Crippen LogP contribution in [0.4, 0.5) is 11.4 Å². The summed E-state index contributed by atoms with van der Waals surface area (Å²) < 4.78 is 5.28. The average Bonchev–Trinajstić information content (AvgIpc) is 2.37. The molecule has 0 heterocycles. The number of nitro benzene ring substituents is 1. The standard InChI is InChI=1S/C13H20N2O4/c1-3-5-12(16)9-14-10-6-11(15(17)18)8-13(7-10)19-4-2/h6-8,12,14,16H,3-5,9H2,1-2H3. The van der Waals surface area contributed by atoms with Gasteiger partial charge in [0.1, 0.15) is 5.75 Å². The van der Waals surface area contributed by atoms with Crippen molar-refractivity contribution in [1.29, 1.82) is 0 Å². The molecule has 0 aliphatic heterocycles. The first-order chi connectivity index (χ1) is 9.06. The Kier molecular flexibility index (Phi) is 6.08. The number of anilines is 1. The van der Waals surface area contributed by atoms with Crippen molar-refractivity contribution in [3.63, 3.8) is 0 Å². The molecule has 0 saturated carbocycles. The molecule has 6 heteroatoms. The molecule has 0 fully saturated rings. The Morgan fingerprint density at radius 3 is 2.74 bits per heavy atom. The number of nitrogens with zero attached hydrogens (tertiary/aromatic N) is 1. The number of rotatable bonds is 8. The monoisotopic (exact) mass is 268 g/mol. The summed E-state index contributed by atoms with van der Waals surface area (Å²) in [6.45, 7) is 4.61. The molecular weight excluding hydrogens is 248 g/mol. The van der Waals surface area contributed by atoms with Gasteiger partial charge in [0, 0.05) is 24.4 Å². The van der Waals surface area contributed by atoms with Gasteiger partial charge in [-0.25, -0.2) is 0 Å². The van der Waals surface area contributed by atoms with E-state index >= 15 is 0 Å². The molecule has 0 bridgehead atoms. The molecule has 106 valence electrons. The molecule has 0 amide bonds. The van der Waals surface area contributed by atoms with Crippen LogP contribution in [0.3, 0.4) is 0 Å². The molecule has 0 aliphatic carbocycles. The van der Waals surface area contributed by atoms with Gasteiger partial charge in [-0.1, -0.05) is 13.3 Å². The molecule has 2 N–H and O–H groups in total. The first-order valence-electron chi connectivity index (χ1n) is 6.41. The summed E-state index contributed by atoms with van der Waals surface area (Å²) in [5, 5.41) is 23.4. The molecule has 19 heavy (non-hydrogen) atoms. The van der Waals surface area contributed by atoms with Crippen molar-refractivity contribution < 1.29 is 14.8 Å². The Morgan fingerprint density at radius 2 is 2.16 bits per heavy atom. The number of non-ortho nitro benzene ring substituents is 1. The highest BCUT2D eigenvalue weighted by molar-refractivity contribution is 5.56. The highest BCUT2D eigenvalue weighted by atomic mass is 16.6. The van der Waals surface area contributed by atoms with Crippen LogP contribution in [0.5, 0.6) is 5.75 Å². The van der Waals surface area contributed by atoms with Crippen LogP contribution in [0, 0.1) is 10.1 Å². The Bertz CT molecular complexity index is 423. The van der Waals surface area contributed by atoms with Gasteiger partial charge in [-0.15, -0.1) is 0 Å². The zero-order valence-electron chi connectivity index (χ0n) is 11.3. The number of nitrogens with one attached hydrogen (secondary N) is 1. The first kappa shape index (κ1) is 15.2. The van der Waals surface area contributed by atoms with E-state index in [0.717, 1.165) is 6.42 Å². The molecule has 1 aromatic carbocycles. The Morgan fingerprint density at radius 1 is 1.42 bits per heavy atom. The summed E-state index contributed by atoms with van der Waals surface area (Å²) in [6.07, 6.45) is 1.13. The van der Waals surface area contributed by atoms with E-state index in [1.807, 2.05) is 13.8 Å². The Balaban J connectivity index is 2.78. The molecule has 0 aliphatic rings. The fourth-order valence-corrected chi connectivity index (χ4v) is 1.71. The van der Waals surface area contributed by atoms with Crippen LogP contribution in [0.2, 0.25) is 0 Å². The van der Waals surface area contributed by atoms with Gasteiger partial charge in [-0.2, -0.15) is 0 Å². The maximum Gasteiger partial charge on any atom is 0.275 e. The predicted molar refractivity (Wildman–Crippen MR) is 73.7 cm³/mol. The number of hydrogen-bond acceptors (Lipinski definition) is 5. The quantitative estimate of drug-likeness (QED) is 0.559. The van der Waals surface area contributed by atoms with Crippen LogP contribution in [0.25, 0.3) is 0 Å². The van der Waals surface area contributed by atoms with Crippen molar-refractivity contribution in [3.05, 3.63) is 28.3 Å². The van der Waals surface area contributed by atoms with Gasteiger partial charge >= 0.3 is 0 Å². The summed E-state index contributed by atoms with van der Waals surface area (Å²) in [7, 11) is 0. The zero-order valence-corrected chi connectivity index (χ0v) is 11.3. The minimum Gasteiger partial charge on any atom is -0.494 e. The Labute approximate surface area is 112 Å². The number of aliphatic hydroxyl groups excluding tert-OH is 1. The molecule has 1 rings (SSSR count). The van der Waals surface area contributed by atoms with Crippen molar-refractivity contribution in [2.24, 2.45) is 0 Å².